The molecule has 2 aromatic rings. The first kappa shape index (κ1) is 28.8. The third-order valence-corrected chi connectivity index (χ3v) is 7.82. The van der Waals surface area contributed by atoms with Crippen LogP contribution >= 0.6 is 0 Å². The molecular weight excluding hydrogens is 520 g/mol. The molecule has 1 aliphatic heterocycles. The highest BCUT2D eigenvalue weighted by molar-refractivity contribution is 7.87. The van der Waals surface area contributed by atoms with Crippen molar-refractivity contribution in [3.8, 4) is 5.75 Å². The molecule has 0 bridgehead atoms. The van der Waals surface area contributed by atoms with Gasteiger partial charge in [0.2, 0.25) is 0 Å². The van der Waals surface area contributed by atoms with E-state index in [0.717, 1.165) is 0 Å². The predicted molar refractivity (Wildman–Crippen MR) is 118 cm³/mol. The lowest BCUT2D eigenvalue weighted by Crippen LogP contribution is -2.59. The number of alkyl halides is 3. The van der Waals surface area contributed by atoms with Gasteiger partial charge in [0, 0.05) is 49.9 Å². The summed E-state index contributed by atoms with van der Waals surface area (Å²) in [6.45, 7) is 6.27. The van der Waals surface area contributed by atoms with Crippen LogP contribution in [-0.4, -0.2) is 67.5 Å². The van der Waals surface area contributed by atoms with Crippen LogP contribution in [0.3, 0.4) is 0 Å². The van der Waals surface area contributed by atoms with Crippen LogP contribution in [0.5, 0.6) is 5.75 Å². The summed E-state index contributed by atoms with van der Waals surface area (Å²) >= 11 is 0. The van der Waals surface area contributed by atoms with Gasteiger partial charge < -0.3 is 9.64 Å². The number of hydrogen-bond acceptors (Lipinski definition) is 6. The molecule has 198 valence electrons. The summed E-state index contributed by atoms with van der Waals surface area (Å²) in [5.74, 6) is 0.691. The zero-order valence-corrected chi connectivity index (χ0v) is 21.2. The highest BCUT2D eigenvalue weighted by Gasteiger charge is 2.44. The number of hydrogen-bond donors (Lipinski definition) is 1. The molecule has 1 N–H and O–H groups in total. The Balaban J connectivity index is 0.000000466. The van der Waals surface area contributed by atoms with Crippen molar-refractivity contribution in [1.29, 1.82) is 0 Å². The van der Waals surface area contributed by atoms with Gasteiger partial charge in [-0.3, -0.25) is 4.55 Å². The van der Waals surface area contributed by atoms with Crippen LogP contribution in [0.4, 0.5) is 23.2 Å². The van der Waals surface area contributed by atoms with E-state index in [9.17, 15) is 26.0 Å². The molecule has 2 heterocycles. The summed E-state index contributed by atoms with van der Waals surface area (Å²) in [5.41, 5.74) is -4.85. The van der Waals surface area contributed by atoms with E-state index in [0.29, 0.717) is 30.4 Å². The minimum absolute atomic E-state index is 0.125. The van der Waals surface area contributed by atoms with Crippen molar-refractivity contribution in [3.63, 3.8) is 0 Å². The largest absolute Gasteiger partial charge is 0.522 e. The molecule has 0 saturated carbocycles. The van der Waals surface area contributed by atoms with E-state index in [4.69, 9.17) is 17.7 Å². The molecule has 1 aromatic carbocycles. The van der Waals surface area contributed by atoms with Gasteiger partial charge in [-0.15, -0.1) is 3.97 Å². The highest BCUT2D eigenvalue weighted by Crippen LogP contribution is 2.30. The van der Waals surface area contributed by atoms with E-state index >= 15 is 0 Å². The molecule has 0 radical (unpaired) electrons. The Kier molecular flexibility index (Phi) is 8.46. The minimum Gasteiger partial charge on any atom is -0.497 e. The van der Waals surface area contributed by atoms with Gasteiger partial charge in [0.15, 0.2) is 0 Å². The van der Waals surface area contributed by atoms with Gasteiger partial charge in [-0.1, -0.05) is 0 Å². The maximum Gasteiger partial charge on any atom is 0.522 e. The molecule has 0 spiro atoms. The second-order valence-electron chi connectivity index (χ2n) is 7.95. The maximum absolute atomic E-state index is 13.9. The fraction of sp³-hybridized carbons (Fsp3) is 0.526. The average molecular weight is 548 g/mol. The Labute approximate surface area is 201 Å². The van der Waals surface area contributed by atoms with Crippen LogP contribution in [0.25, 0.3) is 0 Å². The van der Waals surface area contributed by atoms with Crippen molar-refractivity contribution in [3.05, 3.63) is 42.2 Å². The van der Waals surface area contributed by atoms with E-state index in [-0.39, 0.29) is 17.9 Å². The van der Waals surface area contributed by atoms with Crippen LogP contribution in [0.15, 0.2) is 30.6 Å². The molecular formula is C19H27F4N4O6S2+. The smallest absolute Gasteiger partial charge is 0.497 e. The number of nitrogens with zero attached hydrogens (tertiary/aromatic N) is 4. The Morgan fingerprint density at radius 2 is 1.60 bits per heavy atom. The summed E-state index contributed by atoms with van der Waals surface area (Å²) < 4.78 is 107. The zero-order chi connectivity index (χ0) is 26.9. The summed E-state index contributed by atoms with van der Waals surface area (Å²) in [6, 6.07) is 4.31. The molecule has 0 unspecified atom stereocenters. The van der Waals surface area contributed by atoms with E-state index in [1.165, 1.54) is 27.5 Å². The SMILES string of the molecule is COc1cc(F)cc(N2[C@H](C)CN(S(=O)(=O)n3cc[n+](C)c3C)C[C@H]2C)c1.O=S(=O)(O)C(F)(F)F. The van der Waals surface area contributed by atoms with E-state index < -0.39 is 25.8 Å². The van der Waals surface area contributed by atoms with Gasteiger partial charge in [-0.05, 0) is 19.9 Å². The second-order valence-corrected chi connectivity index (χ2v) is 11.2. The van der Waals surface area contributed by atoms with Gasteiger partial charge in [0.1, 0.15) is 24.0 Å². The number of aryl methyl sites for hydroxylation is 1. The Morgan fingerprint density at radius 1 is 1.09 bits per heavy atom. The topological polar surface area (TPSA) is 113 Å². The van der Waals surface area contributed by atoms with Crippen molar-refractivity contribution in [2.45, 2.75) is 38.4 Å². The molecule has 16 heteroatoms. The number of methoxy groups -OCH3 is 1. The van der Waals surface area contributed by atoms with Gasteiger partial charge in [0.25, 0.3) is 5.82 Å². The molecule has 0 amide bonds. The van der Waals surface area contributed by atoms with Crippen LogP contribution < -0.4 is 14.2 Å². The molecule has 1 fully saturated rings. The lowest BCUT2D eigenvalue weighted by atomic mass is 10.1. The van der Waals surface area contributed by atoms with Crippen LogP contribution in [0.1, 0.15) is 19.7 Å². The molecule has 10 nitrogen and oxygen atoms in total. The highest BCUT2D eigenvalue weighted by atomic mass is 32.2. The normalized spacial score (nSPS) is 19.8. The Hall–Kier alpha value is -2.43. The number of anilines is 1. The van der Waals surface area contributed by atoms with Gasteiger partial charge in [-0.2, -0.15) is 34.3 Å². The van der Waals surface area contributed by atoms with Gasteiger partial charge >= 0.3 is 25.8 Å². The maximum atomic E-state index is 13.9. The molecule has 3 rings (SSSR count). The number of piperazine rings is 1. The third kappa shape index (κ3) is 6.42. The first-order chi connectivity index (χ1) is 15.9. The predicted octanol–water partition coefficient (Wildman–Crippen LogP) is 1.85. The lowest BCUT2D eigenvalue weighted by molar-refractivity contribution is -0.676. The average Bonchev–Trinajstić information content (AvgIpc) is 3.05. The summed E-state index contributed by atoms with van der Waals surface area (Å²) in [5, 5.41) is 0. The Bertz CT molecular complexity index is 1250. The second kappa shape index (κ2) is 10.3. The Morgan fingerprint density at radius 3 is 2.00 bits per heavy atom. The monoisotopic (exact) mass is 547 g/mol. The third-order valence-electron chi connectivity index (χ3n) is 5.40. The first-order valence-electron chi connectivity index (χ1n) is 10.1. The van der Waals surface area contributed by atoms with Crippen molar-refractivity contribution >= 4 is 26.0 Å². The zero-order valence-electron chi connectivity index (χ0n) is 19.6. The van der Waals surface area contributed by atoms with Crippen LogP contribution in [0, 0.1) is 12.7 Å². The van der Waals surface area contributed by atoms with E-state index in [1.807, 2.05) is 25.8 Å². The lowest BCUT2D eigenvalue weighted by Gasteiger charge is -2.44. The first-order valence-corrected chi connectivity index (χ1v) is 12.9. The fourth-order valence-corrected chi connectivity index (χ4v) is 5.41. The summed E-state index contributed by atoms with van der Waals surface area (Å²) in [4.78, 5) is 2.04. The van der Waals surface area contributed by atoms with Crippen molar-refractivity contribution in [2.24, 2.45) is 7.05 Å². The number of rotatable bonds is 4. The minimum atomic E-state index is -5.84. The summed E-state index contributed by atoms with van der Waals surface area (Å²) in [6.07, 6.45) is 3.28. The molecule has 1 aliphatic rings. The van der Waals surface area contributed by atoms with Crippen molar-refractivity contribution < 1.29 is 48.3 Å². The number of imidazole rings is 1. The molecule has 0 aliphatic carbocycles. The molecule has 2 atom stereocenters. The quantitative estimate of drug-likeness (QED) is 0.269. The fourth-order valence-electron chi connectivity index (χ4n) is 3.69. The molecule has 1 aromatic heterocycles. The van der Waals surface area contributed by atoms with E-state index in [1.54, 1.807) is 30.0 Å². The van der Waals surface area contributed by atoms with Crippen LogP contribution in [0.2, 0.25) is 0 Å². The van der Waals surface area contributed by atoms with E-state index in [2.05, 4.69) is 0 Å². The number of halogens is 4. The van der Waals surface area contributed by atoms with Gasteiger partial charge in [-0.25, -0.2) is 8.96 Å². The summed E-state index contributed by atoms with van der Waals surface area (Å²) in [7, 11) is -6.20. The van der Waals surface area contributed by atoms with Crippen molar-refractivity contribution in [1.82, 2.24) is 8.28 Å². The molecule has 35 heavy (non-hydrogen) atoms. The van der Waals surface area contributed by atoms with Crippen LogP contribution in [-0.2, 0) is 27.4 Å². The van der Waals surface area contributed by atoms with Crippen molar-refractivity contribution in [2.75, 3.05) is 25.1 Å². The number of ether oxygens (including phenoxy) is 1. The number of benzene rings is 1. The molecule has 1 saturated heterocycles. The van der Waals surface area contributed by atoms with Gasteiger partial charge in [0.05, 0.1) is 14.2 Å². The number of aromatic nitrogens is 2. The standard InChI is InChI=1S/C18H26FN4O3S.CHF3O3S/c1-13-11-21(27(24,25)22-7-6-20(4)15(22)3)12-14(2)23(13)17-8-16(19)9-18(10-17)26-5;2-1(3,4)8(5,6)7/h6-10,13-14H,11-12H2,1-5H3;(H,5,6,7)/q+1;/t13-,14-;/m1./s1.